The van der Waals surface area contributed by atoms with Gasteiger partial charge in [-0.25, -0.2) is 9.78 Å². The Morgan fingerprint density at radius 2 is 1.82 bits per heavy atom. The van der Waals surface area contributed by atoms with Gasteiger partial charge in [0.1, 0.15) is 11.4 Å². The lowest BCUT2D eigenvalue weighted by Crippen LogP contribution is -2.45. The quantitative estimate of drug-likeness (QED) is 0.357. The van der Waals surface area contributed by atoms with Gasteiger partial charge in [0.15, 0.2) is 0 Å². The van der Waals surface area contributed by atoms with Crippen LogP contribution >= 0.6 is 11.6 Å². The first kappa shape index (κ1) is 28.4. The minimum atomic E-state index is -0.537. The first-order valence-corrected chi connectivity index (χ1v) is 13.7. The molecule has 3 aromatic rings. The summed E-state index contributed by atoms with van der Waals surface area (Å²) in [7, 11) is 0. The zero-order chi connectivity index (χ0) is 28.0. The molecule has 9 heteroatoms. The normalized spacial score (nSPS) is 14.9. The van der Waals surface area contributed by atoms with Gasteiger partial charge in [-0.3, -0.25) is 9.69 Å². The number of benzene rings is 2. The van der Waals surface area contributed by atoms with E-state index in [0.717, 1.165) is 18.4 Å². The van der Waals surface area contributed by atoms with Crippen LogP contribution in [-0.2, 0) is 4.74 Å². The van der Waals surface area contributed by atoms with Crippen LogP contribution in [0, 0.1) is 5.92 Å². The van der Waals surface area contributed by atoms with Crippen molar-refractivity contribution in [3.8, 4) is 0 Å². The molecule has 8 nitrogen and oxygen atoms in total. The Hall–Kier alpha value is -3.65. The van der Waals surface area contributed by atoms with Crippen LogP contribution in [0.1, 0.15) is 62.5 Å². The SMILES string of the molecule is C[C@H](Nc1nccc(N(CC2CCN(C(=O)OC(C)(C)C)CC2)C(=O)c2cccc(Cl)c2)n1)c1ccccc1. The van der Waals surface area contributed by atoms with Gasteiger partial charge in [0.2, 0.25) is 5.95 Å². The van der Waals surface area contributed by atoms with Crippen LogP contribution in [-0.4, -0.2) is 52.1 Å². The molecule has 1 saturated heterocycles. The first-order valence-electron chi connectivity index (χ1n) is 13.3. The maximum absolute atomic E-state index is 13.8. The average molecular weight is 550 g/mol. The van der Waals surface area contributed by atoms with E-state index in [2.05, 4.69) is 10.3 Å². The van der Waals surface area contributed by atoms with Crippen molar-refractivity contribution < 1.29 is 14.3 Å². The number of amides is 2. The van der Waals surface area contributed by atoms with Crippen LogP contribution in [0.3, 0.4) is 0 Å². The number of nitrogens with zero attached hydrogens (tertiary/aromatic N) is 4. The van der Waals surface area contributed by atoms with E-state index >= 15 is 0 Å². The number of hydrogen-bond donors (Lipinski definition) is 1. The Kier molecular flexibility index (Phi) is 9.07. The number of ether oxygens (including phenoxy) is 1. The number of carbonyl (C=O) groups is 2. The highest BCUT2D eigenvalue weighted by Crippen LogP contribution is 2.26. The molecule has 0 saturated carbocycles. The van der Waals surface area contributed by atoms with Crippen LogP contribution < -0.4 is 10.2 Å². The third-order valence-electron chi connectivity index (χ3n) is 6.59. The summed E-state index contributed by atoms with van der Waals surface area (Å²) in [6.07, 6.45) is 2.86. The second-order valence-corrected chi connectivity index (χ2v) is 11.3. The molecule has 1 aliphatic rings. The molecule has 1 N–H and O–H groups in total. The summed E-state index contributed by atoms with van der Waals surface area (Å²) in [4.78, 5) is 38.8. The topological polar surface area (TPSA) is 87.7 Å². The van der Waals surface area contributed by atoms with Crippen molar-refractivity contribution >= 4 is 35.4 Å². The Labute approximate surface area is 235 Å². The number of halogens is 1. The summed E-state index contributed by atoms with van der Waals surface area (Å²) < 4.78 is 5.53. The van der Waals surface area contributed by atoms with Gasteiger partial charge in [0.05, 0.1) is 6.04 Å². The van der Waals surface area contributed by atoms with Gasteiger partial charge in [-0.2, -0.15) is 4.98 Å². The van der Waals surface area contributed by atoms with Gasteiger partial charge in [-0.1, -0.05) is 48.0 Å². The largest absolute Gasteiger partial charge is 0.444 e. The van der Waals surface area contributed by atoms with Gasteiger partial charge >= 0.3 is 6.09 Å². The molecule has 39 heavy (non-hydrogen) atoms. The van der Waals surface area contributed by atoms with E-state index in [-0.39, 0.29) is 24.0 Å². The molecule has 1 aliphatic heterocycles. The van der Waals surface area contributed by atoms with Gasteiger partial charge in [0.25, 0.3) is 5.91 Å². The van der Waals surface area contributed by atoms with Gasteiger partial charge in [-0.15, -0.1) is 0 Å². The van der Waals surface area contributed by atoms with E-state index in [9.17, 15) is 9.59 Å². The third-order valence-corrected chi connectivity index (χ3v) is 6.82. The highest BCUT2D eigenvalue weighted by atomic mass is 35.5. The molecule has 0 aliphatic carbocycles. The van der Waals surface area contributed by atoms with E-state index in [1.165, 1.54) is 0 Å². The molecule has 1 atom stereocenters. The lowest BCUT2D eigenvalue weighted by molar-refractivity contribution is 0.0185. The van der Waals surface area contributed by atoms with E-state index in [1.54, 1.807) is 46.3 Å². The second kappa shape index (κ2) is 12.5. The number of aromatic nitrogens is 2. The number of anilines is 2. The van der Waals surface area contributed by atoms with Gasteiger partial charge in [-0.05, 0) is 76.3 Å². The highest BCUT2D eigenvalue weighted by Gasteiger charge is 2.30. The summed E-state index contributed by atoms with van der Waals surface area (Å²) in [5, 5.41) is 3.84. The maximum Gasteiger partial charge on any atom is 0.410 e. The fraction of sp³-hybridized carbons (Fsp3) is 0.400. The van der Waals surface area contributed by atoms with Crippen molar-refractivity contribution in [3.05, 3.63) is 83.0 Å². The number of likely N-dealkylation sites (tertiary alicyclic amines) is 1. The van der Waals surface area contributed by atoms with Crippen molar-refractivity contribution in [1.29, 1.82) is 0 Å². The lowest BCUT2D eigenvalue weighted by Gasteiger charge is -2.35. The van der Waals surface area contributed by atoms with E-state index in [1.807, 2.05) is 58.0 Å². The summed E-state index contributed by atoms with van der Waals surface area (Å²) in [5.41, 5.74) is 1.06. The van der Waals surface area contributed by atoms with Crippen LogP contribution in [0.25, 0.3) is 0 Å². The van der Waals surface area contributed by atoms with Gasteiger partial charge in [0, 0.05) is 36.4 Å². The maximum atomic E-state index is 13.8. The Morgan fingerprint density at radius 1 is 1.10 bits per heavy atom. The predicted molar refractivity (Wildman–Crippen MR) is 154 cm³/mol. The molecule has 0 unspecified atom stereocenters. The fourth-order valence-corrected chi connectivity index (χ4v) is 4.72. The Morgan fingerprint density at radius 3 is 2.49 bits per heavy atom. The molecule has 0 bridgehead atoms. The minimum Gasteiger partial charge on any atom is -0.444 e. The molecular formula is C30H36ClN5O3. The highest BCUT2D eigenvalue weighted by molar-refractivity contribution is 6.31. The Bertz CT molecular complexity index is 1270. The van der Waals surface area contributed by atoms with E-state index in [4.69, 9.17) is 21.3 Å². The summed E-state index contributed by atoms with van der Waals surface area (Å²) in [5.74, 6) is 0.939. The number of rotatable bonds is 7. The zero-order valence-electron chi connectivity index (χ0n) is 22.9. The molecular weight excluding hydrogens is 514 g/mol. The molecule has 2 aromatic carbocycles. The number of nitrogens with one attached hydrogen (secondary N) is 1. The number of hydrogen-bond acceptors (Lipinski definition) is 6. The van der Waals surface area contributed by atoms with Gasteiger partial charge < -0.3 is 15.0 Å². The third kappa shape index (κ3) is 7.93. The van der Waals surface area contributed by atoms with Crippen molar-refractivity contribution in [2.75, 3.05) is 29.9 Å². The molecule has 1 aromatic heterocycles. The summed E-state index contributed by atoms with van der Waals surface area (Å²) in [6, 6.07) is 18.7. The fourth-order valence-electron chi connectivity index (χ4n) is 4.53. The minimum absolute atomic E-state index is 0.0179. The molecule has 0 spiro atoms. The van der Waals surface area contributed by atoms with Crippen molar-refractivity contribution in [2.24, 2.45) is 5.92 Å². The van der Waals surface area contributed by atoms with Crippen LogP contribution in [0.5, 0.6) is 0 Å². The van der Waals surface area contributed by atoms with Crippen molar-refractivity contribution in [3.63, 3.8) is 0 Å². The number of carbonyl (C=O) groups excluding carboxylic acids is 2. The Balaban J connectivity index is 1.52. The van der Waals surface area contributed by atoms with Crippen LogP contribution in [0.15, 0.2) is 66.9 Å². The molecule has 1 fully saturated rings. The summed E-state index contributed by atoms with van der Waals surface area (Å²) >= 11 is 6.21. The lowest BCUT2D eigenvalue weighted by atomic mass is 9.96. The first-order chi connectivity index (χ1) is 18.6. The van der Waals surface area contributed by atoms with Crippen molar-refractivity contribution in [1.82, 2.24) is 14.9 Å². The molecule has 0 radical (unpaired) electrons. The predicted octanol–water partition coefficient (Wildman–Crippen LogP) is 6.60. The standard InChI is InChI=1S/C30H36ClN5O3/c1-21(23-9-6-5-7-10-23)33-28-32-16-13-26(34-28)36(27(37)24-11-8-12-25(31)19-24)20-22-14-17-35(18-15-22)29(38)39-30(2,3)4/h5-13,16,19,21-22H,14-15,17-18,20H2,1-4H3,(H,32,33,34)/t21-/m0/s1. The smallest absolute Gasteiger partial charge is 0.410 e. The molecule has 4 rings (SSSR count). The molecule has 206 valence electrons. The van der Waals surface area contributed by atoms with E-state index < -0.39 is 5.60 Å². The number of piperidine rings is 1. The molecule has 2 amide bonds. The van der Waals surface area contributed by atoms with Crippen LogP contribution in [0.4, 0.5) is 16.6 Å². The van der Waals surface area contributed by atoms with Crippen molar-refractivity contribution in [2.45, 2.75) is 52.2 Å². The van der Waals surface area contributed by atoms with Crippen LogP contribution in [0.2, 0.25) is 5.02 Å². The van der Waals surface area contributed by atoms with E-state index in [0.29, 0.717) is 42.0 Å². The summed E-state index contributed by atoms with van der Waals surface area (Å²) in [6.45, 7) is 9.23. The monoisotopic (exact) mass is 549 g/mol. The molecule has 2 heterocycles. The zero-order valence-corrected chi connectivity index (χ0v) is 23.7. The average Bonchev–Trinajstić information content (AvgIpc) is 2.91. The second-order valence-electron chi connectivity index (χ2n) is 10.9.